The molecule has 7 nitrogen and oxygen atoms in total. The van der Waals surface area contributed by atoms with Gasteiger partial charge in [-0.3, -0.25) is 4.79 Å². The summed E-state index contributed by atoms with van der Waals surface area (Å²) in [5.74, 6) is -0.0637. The van der Waals surface area contributed by atoms with Crippen molar-refractivity contribution in [2.75, 3.05) is 25.0 Å². The van der Waals surface area contributed by atoms with Crippen molar-refractivity contribution in [1.29, 1.82) is 0 Å². The van der Waals surface area contributed by atoms with E-state index in [2.05, 4.69) is 44.7 Å². The second kappa shape index (κ2) is 8.21. The monoisotopic (exact) mass is 376 g/mol. The fraction of sp³-hybridized carbons (Fsp3) is 0.333. The van der Waals surface area contributed by atoms with Crippen LogP contribution in [0.2, 0.25) is 0 Å². The van der Waals surface area contributed by atoms with E-state index in [1.54, 1.807) is 11.0 Å². The van der Waals surface area contributed by atoms with E-state index in [-0.39, 0.29) is 5.91 Å². The Labute approximate surface area is 164 Å². The number of aromatic nitrogens is 4. The van der Waals surface area contributed by atoms with Crippen LogP contribution in [-0.2, 0) is 6.54 Å². The summed E-state index contributed by atoms with van der Waals surface area (Å²) in [7, 11) is 1.82. The van der Waals surface area contributed by atoms with Gasteiger partial charge in [0.15, 0.2) is 0 Å². The summed E-state index contributed by atoms with van der Waals surface area (Å²) >= 11 is 0. The zero-order valence-corrected chi connectivity index (χ0v) is 16.0. The number of rotatable bonds is 5. The van der Waals surface area contributed by atoms with E-state index in [1.807, 2.05) is 25.2 Å². The Hall–Kier alpha value is -3.22. The van der Waals surface area contributed by atoms with Gasteiger partial charge in [0.1, 0.15) is 6.33 Å². The van der Waals surface area contributed by atoms with Crippen LogP contribution in [0.4, 0.5) is 5.69 Å². The molecule has 1 fully saturated rings. The van der Waals surface area contributed by atoms with Crippen LogP contribution in [0.5, 0.6) is 0 Å². The van der Waals surface area contributed by atoms with Gasteiger partial charge in [0.2, 0.25) is 0 Å². The van der Waals surface area contributed by atoms with Crippen LogP contribution in [0.1, 0.15) is 35.2 Å². The van der Waals surface area contributed by atoms with Crippen molar-refractivity contribution in [2.45, 2.75) is 25.8 Å². The normalized spacial score (nSPS) is 14.1. The maximum absolute atomic E-state index is 13.0. The first-order chi connectivity index (χ1) is 13.7. The fourth-order valence-electron chi connectivity index (χ4n) is 3.64. The molecule has 1 amide bonds. The second-order valence-corrected chi connectivity index (χ2v) is 7.15. The maximum Gasteiger partial charge on any atom is 0.256 e. The van der Waals surface area contributed by atoms with Crippen LogP contribution in [0.15, 0.2) is 54.9 Å². The van der Waals surface area contributed by atoms with Crippen LogP contribution in [0, 0.1) is 0 Å². The van der Waals surface area contributed by atoms with E-state index in [9.17, 15) is 4.79 Å². The summed E-state index contributed by atoms with van der Waals surface area (Å²) in [5, 5.41) is 11.2. The first-order valence-electron chi connectivity index (χ1n) is 9.64. The molecule has 2 heterocycles. The number of carbonyl (C=O) groups is 1. The average Bonchev–Trinajstić information content (AvgIpc) is 3.29. The molecule has 4 rings (SSSR count). The van der Waals surface area contributed by atoms with E-state index in [4.69, 9.17) is 0 Å². The fourth-order valence-corrected chi connectivity index (χ4v) is 3.64. The molecule has 0 bridgehead atoms. The van der Waals surface area contributed by atoms with Gasteiger partial charge in [-0.15, -0.1) is 5.10 Å². The maximum atomic E-state index is 13.0. The van der Waals surface area contributed by atoms with Gasteiger partial charge in [0, 0.05) is 32.4 Å². The average molecular weight is 376 g/mol. The highest BCUT2D eigenvalue weighted by Crippen LogP contribution is 2.21. The summed E-state index contributed by atoms with van der Waals surface area (Å²) < 4.78 is 1.51. The Morgan fingerprint density at radius 3 is 2.50 bits per heavy atom. The Morgan fingerprint density at radius 1 is 1.04 bits per heavy atom. The zero-order chi connectivity index (χ0) is 19.3. The number of hydrogen-bond donors (Lipinski definition) is 0. The Balaban J connectivity index is 1.47. The quantitative estimate of drug-likeness (QED) is 0.685. The molecule has 0 radical (unpaired) electrons. The number of hydrogen-bond acceptors (Lipinski definition) is 5. The van der Waals surface area contributed by atoms with Crippen molar-refractivity contribution in [1.82, 2.24) is 25.1 Å². The molecule has 1 aliphatic heterocycles. The van der Waals surface area contributed by atoms with Crippen LogP contribution in [0.3, 0.4) is 0 Å². The summed E-state index contributed by atoms with van der Waals surface area (Å²) in [4.78, 5) is 17.2. The van der Waals surface area contributed by atoms with Crippen LogP contribution < -0.4 is 4.90 Å². The lowest BCUT2D eigenvalue weighted by molar-refractivity contribution is 0.0785. The van der Waals surface area contributed by atoms with Gasteiger partial charge in [0.05, 0.1) is 11.3 Å². The van der Waals surface area contributed by atoms with Crippen molar-refractivity contribution in [3.8, 4) is 5.69 Å². The molecule has 7 heteroatoms. The number of anilines is 1. The topological polar surface area (TPSA) is 67.2 Å². The molecule has 1 aliphatic rings. The lowest BCUT2D eigenvalue weighted by Crippen LogP contribution is -2.29. The molecule has 0 unspecified atom stereocenters. The summed E-state index contributed by atoms with van der Waals surface area (Å²) in [6, 6.07) is 15.9. The summed E-state index contributed by atoms with van der Waals surface area (Å²) in [6.07, 6.45) is 5.35. The number of carbonyl (C=O) groups excluding carboxylic acids is 1. The van der Waals surface area contributed by atoms with Crippen molar-refractivity contribution in [3.63, 3.8) is 0 Å². The van der Waals surface area contributed by atoms with Gasteiger partial charge in [-0.2, -0.15) is 4.68 Å². The molecule has 1 saturated heterocycles. The lowest BCUT2D eigenvalue weighted by Gasteiger charge is -2.29. The third-order valence-corrected chi connectivity index (χ3v) is 5.15. The molecule has 144 valence electrons. The predicted octanol–water partition coefficient (Wildman–Crippen LogP) is 2.92. The molecule has 0 saturated carbocycles. The molecule has 3 aromatic rings. The number of para-hydroxylation sites is 1. The Bertz CT molecular complexity index is 916. The van der Waals surface area contributed by atoms with E-state index in [1.165, 1.54) is 36.0 Å². The van der Waals surface area contributed by atoms with Crippen molar-refractivity contribution >= 4 is 11.6 Å². The number of piperidine rings is 1. The summed E-state index contributed by atoms with van der Waals surface area (Å²) in [6.45, 7) is 2.81. The molecule has 2 aromatic carbocycles. The molecule has 0 N–H and O–H groups in total. The van der Waals surface area contributed by atoms with Gasteiger partial charge in [0.25, 0.3) is 5.91 Å². The molecular formula is C21H24N6O. The predicted molar refractivity (Wildman–Crippen MR) is 107 cm³/mol. The number of benzene rings is 2. The Morgan fingerprint density at radius 2 is 1.79 bits per heavy atom. The number of tetrazole rings is 1. The van der Waals surface area contributed by atoms with Crippen molar-refractivity contribution in [2.24, 2.45) is 0 Å². The van der Waals surface area contributed by atoms with Gasteiger partial charge in [-0.1, -0.05) is 24.3 Å². The van der Waals surface area contributed by atoms with Gasteiger partial charge in [-0.25, -0.2) is 0 Å². The molecule has 0 atom stereocenters. The molecule has 1 aromatic heterocycles. The summed E-state index contributed by atoms with van der Waals surface area (Å²) in [5.41, 5.74) is 3.62. The minimum Gasteiger partial charge on any atom is -0.372 e. The second-order valence-electron chi connectivity index (χ2n) is 7.15. The van der Waals surface area contributed by atoms with Crippen molar-refractivity contribution < 1.29 is 4.79 Å². The van der Waals surface area contributed by atoms with Crippen LogP contribution in [-0.4, -0.2) is 51.2 Å². The smallest absolute Gasteiger partial charge is 0.256 e. The molecular weight excluding hydrogens is 352 g/mol. The highest BCUT2D eigenvalue weighted by Gasteiger charge is 2.18. The first kappa shape index (κ1) is 18.2. The standard InChI is InChI=1S/C21H24N6O/c1-25(15-17-9-11-18(12-10-17)26-13-5-2-6-14-26)21(28)19-7-3-4-8-20(19)27-16-22-23-24-27/h3-4,7-12,16H,2,5-6,13-15H2,1H3. The lowest BCUT2D eigenvalue weighted by atomic mass is 10.1. The minimum absolute atomic E-state index is 0.0637. The highest BCUT2D eigenvalue weighted by atomic mass is 16.2. The molecule has 0 aliphatic carbocycles. The number of nitrogens with zero attached hydrogens (tertiary/aromatic N) is 6. The zero-order valence-electron chi connectivity index (χ0n) is 16.0. The minimum atomic E-state index is -0.0637. The number of amides is 1. The largest absolute Gasteiger partial charge is 0.372 e. The van der Waals surface area contributed by atoms with E-state index in [0.717, 1.165) is 18.7 Å². The van der Waals surface area contributed by atoms with Gasteiger partial charge in [-0.05, 0) is 59.5 Å². The SMILES string of the molecule is CN(Cc1ccc(N2CCCCC2)cc1)C(=O)c1ccccc1-n1cnnn1. The Kier molecular flexibility index (Phi) is 5.32. The third kappa shape index (κ3) is 3.88. The van der Waals surface area contributed by atoms with Gasteiger partial charge >= 0.3 is 0 Å². The van der Waals surface area contributed by atoms with E-state index in [0.29, 0.717) is 17.8 Å². The highest BCUT2D eigenvalue weighted by molar-refractivity contribution is 5.97. The van der Waals surface area contributed by atoms with Crippen LogP contribution in [0.25, 0.3) is 5.69 Å². The van der Waals surface area contributed by atoms with Gasteiger partial charge < -0.3 is 9.80 Å². The third-order valence-electron chi connectivity index (χ3n) is 5.15. The van der Waals surface area contributed by atoms with Crippen molar-refractivity contribution in [3.05, 3.63) is 66.0 Å². The molecule has 0 spiro atoms. The van der Waals surface area contributed by atoms with E-state index < -0.39 is 0 Å². The first-order valence-corrected chi connectivity index (χ1v) is 9.64. The van der Waals surface area contributed by atoms with Crippen LogP contribution >= 0.6 is 0 Å². The molecule has 28 heavy (non-hydrogen) atoms. The van der Waals surface area contributed by atoms with E-state index >= 15 is 0 Å².